The van der Waals surface area contributed by atoms with Crippen LogP contribution in [0.25, 0.3) is 110 Å². The summed E-state index contributed by atoms with van der Waals surface area (Å²) >= 11 is 0. The van der Waals surface area contributed by atoms with Crippen LogP contribution in [0, 0.1) is 0 Å². The summed E-state index contributed by atoms with van der Waals surface area (Å²) in [6.07, 6.45) is 0. The summed E-state index contributed by atoms with van der Waals surface area (Å²) in [6, 6.07) is 73.8. The van der Waals surface area contributed by atoms with Gasteiger partial charge in [0.05, 0.1) is 33.5 Å². The van der Waals surface area contributed by atoms with E-state index in [1.54, 1.807) is 0 Å². The highest BCUT2D eigenvalue weighted by atomic mass is 15.0. The molecule has 0 spiro atoms. The quantitative estimate of drug-likeness (QED) is 0.176. The van der Waals surface area contributed by atoms with E-state index in [4.69, 9.17) is 9.97 Å². The van der Waals surface area contributed by atoms with Crippen molar-refractivity contribution in [2.24, 2.45) is 0 Å². The maximum atomic E-state index is 5.18. The number of aromatic nitrogens is 4. The second-order valence-electron chi connectivity index (χ2n) is 15.0. The van der Waals surface area contributed by atoms with Crippen LogP contribution in [0.2, 0.25) is 0 Å². The highest BCUT2D eigenvalue weighted by molar-refractivity contribution is 6.29. The van der Waals surface area contributed by atoms with Crippen LogP contribution in [-0.2, 0) is 0 Å². The molecule has 0 bridgehead atoms. The second-order valence-corrected chi connectivity index (χ2v) is 15.0. The van der Waals surface area contributed by atoms with E-state index in [-0.39, 0.29) is 0 Å². The maximum Gasteiger partial charge on any atom is 0.160 e. The Kier molecular flexibility index (Phi) is 7.20. The minimum absolute atomic E-state index is 0.709. The molecule has 58 heavy (non-hydrogen) atoms. The highest BCUT2D eigenvalue weighted by Gasteiger charge is 2.20. The van der Waals surface area contributed by atoms with Crippen LogP contribution >= 0.6 is 0 Å². The van der Waals surface area contributed by atoms with Crippen molar-refractivity contribution in [1.82, 2.24) is 19.1 Å². The Bertz CT molecular complexity index is 3560. The van der Waals surface area contributed by atoms with Crippen molar-refractivity contribution in [2.75, 3.05) is 0 Å². The average Bonchev–Trinajstić information content (AvgIpc) is 3.82. The van der Waals surface area contributed by atoms with Gasteiger partial charge in [0, 0.05) is 49.6 Å². The first-order chi connectivity index (χ1) is 28.7. The number of hydrogen-bond donors (Lipinski definition) is 0. The molecular formula is C54H34N4. The fourth-order valence-corrected chi connectivity index (χ4v) is 8.99. The molecule has 3 aromatic heterocycles. The van der Waals surface area contributed by atoms with Crippen LogP contribution in [0.15, 0.2) is 206 Å². The Morgan fingerprint density at radius 3 is 1.45 bits per heavy atom. The Morgan fingerprint density at radius 2 is 0.793 bits per heavy atom. The molecule has 0 aliphatic heterocycles. The zero-order valence-corrected chi connectivity index (χ0v) is 31.4. The van der Waals surface area contributed by atoms with Gasteiger partial charge in [-0.05, 0) is 88.3 Å². The molecule has 12 aromatic rings. The van der Waals surface area contributed by atoms with E-state index in [1.165, 1.54) is 59.8 Å². The maximum absolute atomic E-state index is 5.18. The SMILES string of the molecule is c1ccc(-c2nc(-c3ccc4ccccc4c3)cc(-c3ccc4ccc(-n5c6ccccc6c6c7c8ccccc8n(-c8ccccc8)c7ccc65)cc4c3)n2)cc1. The van der Waals surface area contributed by atoms with Gasteiger partial charge < -0.3 is 9.13 Å². The molecule has 270 valence electrons. The summed E-state index contributed by atoms with van der Waals surface area (Å²) in [6.45, 7) is 0. The third-order valence-corrected chi connectivity index (χ3v) is 11.7. The van der Waals surface area contributed by atoms with Crippen LogP contribution in [-0.4, -0.2) is 19.1 Å². The van der Waals surface area contributed by atoms with E-state index in [1.807, 2.05) is 18.2 Å². The van der Waals surface area contributed by atoms with Gasteiger partial charge in [-0.1, -0.05) is 140 Å². The first-order valence-corrected chi connectivity index (χ1v) is 19.7. The largest absolute Gasteiger partial charge is 0.309 e. The molecule has 0 fully saturated rings. The van der Waals surface area contributed by atoms with E-state index in [9.17, 15) is 0 Å². The van der Waals surface area contributed by atoms with Crippen LogP contribution in [0.1, 0.15) is 0 Å². The van der Waals surface area contributed by atoms with E-state index in [2.05, 4.69) is 197 Å². The van der Waals surface area contributed by atoms with Gasteiger partial charge in [0.25, 0.3) is 0 Å². The molecule has 4 nitrogen and oxygen atoms in total. The molecule has 12 rings (SSSR count). The molecule has 0 atom stereocenters. The number of rotatable bonds is 5. The number of para-hydroxylation sites is 3. The molecule has 0 amide bonds. The third-order valence-electron chi connectivity index (χ3n) is 11.7. The Hall–Kier alpha value is -7.82. The molecule has 0 saturated carbocycles. The first kappa shape index (κ1) is 32.4. The lowest BCUT2D eigenvalue weighted by molar-refractivity contribution is 1.17. The van der Waals surface area contributed by atoms with Gasteiger partial charge in [-0.3, -0.25) is 0 Å². The van der Waals surface area contributed by atoms with Crippen molar-refractivity contribution >= 4 is 65.2 Å². The second kappa shape index (κ2) is 12.9. The Labute approximate surface area is 334 Å². The van der Waals surface area contributed by atoms with Gasteiger partial charge in [-0.2, -0.15) is 0 Å². The van der Waals surface area contributed by atoms with E-state index in [0.717, 1.165) is 44.8 Å². The van der Waals surface area contributed by atoms with Gasteiger partial charge in [0.2, 0.25) is 0 Å². The molecule has 4 heteroatoms. The number of fused-ring (bicyclic) bond motifs is 9. The molecular weight excluding hydrogens is 705 g/mol. The summed E-state index contributed by atoms with van der Waals surface area (Å²) in [5.74, 6) is 0.709. The fraction of sp³-hybridized carbons (Fsp3) is 0. The summed E-state index contributed by atoms with van der Waals surface area (Å²) in [4.78, 5) is 10.3. The predicted octanol–water partition coefficient (Wildman–Crippen LogP) is 14.0. The van der Waals surface area contributed by atoms with Crippen molar-refractivity contribution in [1.29, 1.82) is 0 Å². The minimum Gasteiger partial charge on any atom is -0.309 e. The molecule has 0 aliphatic rings. The van der Waals surface area contributed by atoms with E-state index >= 15 is 0 Å². The summed E-state index contributed by atoms with van der Waals surface area (Å²) in [7, 11) is 0. The molecule has 9 aromatic carbocycles. The molecule has 0 saturated heterocycles. The van der Waals surface area contributed by atoms with Crippen molar-refractivity contribution in [3.05, 3.63) is 206 Å². The normalized spacial score (nSPS) is 11.8. The van der Waals surface area contributed by atoms with Crippen molar-refractivity contribution in [2.45, 2.75) is 0 Å². The van der Waals surface area contributed by atoms with E-state index < -0.39 is 0 Å². The first-order valence-electron chi connectivity index (χ1n) is 19.7. The zero-order chi connectivity index (χ0) is 38.2. The predicted molar refractivity (Wildman–Crippen MR) is 242 cm³/mol. The lowest BCUT2D eigenvalue weighted by Gasteiger charge is -2.12. The molecule has 0 aliphatic carbocycles. The summed E-state index contributed by atoms with van der Waals surface area (Å²) in [5.41, 5.74) is 11.9. The molecule has 0 N–H and O–H groups in total. The van der Waals surface area contributed by atoms with Gasteiger partial charge in [-0.25, -0.2) is 9.97 Å². The van der Waals surface area contributed by atoms with E-state index in [0.29, 0.717) is 5.82 Å². The zero-order valence-electron chi connectivity index (χ0n) is 31.4. The van der Waals surface area contributed by atoms with Crippen LogP contribution in [0.5, 0.6) is 0 Å². The van der Waals surface area contributed by atoms with Crippen molar-refractivity contribution in [3.8, 4) is 45.3 Å². The fourth-order valence-electron chi connectivity index (χ4n) is 8.99. The van der Waals surface area contributed by atoms with Gasteiger partial charge >= 0.3 is 0 Å². The van der Waals surface area contributed by atoms with Crippen molar-refractivity contribution < 1.29 is 0 Å². The third kappa shape index (κ3) is 5.09. The lowest BCUT2D eigenvalue weighted by Crippen LogP contribution is -1.96. The standard InChI is InChI=1S/C54H34N4/c1-3-14-37(15-4-1)54-55-46(39-25-23-35-13-7-8-16-38(35)31-39)34-47(56-54)40-26-24-36-27-28-43(33-41(36)32-40)58-49-22-12-10-20-45(49)53-51(58)30-29-50-52(53)44-19-9-11-21-48(44)57(50)42-17-5-2-6-18-42/h1-34H. The average molecular weight is 739 g/mol. The van der Waals surface area contributed by atoms with Gasteiger partial charge in [0.1, 0.15) is 0 Å². The monoisotopic (exact) mass is 738 g/mol. The van der Waals surface area contributed by atoms with Crippen molar-refractivity contribution in [3.63, 3.8) is 0 Å². The topological polar surface area (TPSA) is 35.6 Å². The Balaban J connectivity index is 1.05. The molecule has 0 unspecified atom stereocenters. The van der Waals surface area contributed by atoms with Crippen LogP contribution in [0.3, 0.4) is 0 Å². The minimum atomic E-state index is 0.709. The molecule has 0 radical (unpaired) electrons. The number of hydrogen-bond acceptors (Lipinski definition) is 2. The number of nitrogens with zero attached hydrogens (tertiary/aromatic N) is 4. The smallest absolute Gasteiger partial charge is 0.160 e. The Morgan fingerprint density at radius 1 is 0.293 bits per heavy atom. The van der Waals surface area contributed by atoms with Gasteiger partial charge in [-0.15, -0.1) is 0 Å². The highest BCUT2D eigenvalue weighted by Crippen LogP contribution is 2.42. The lowest BCUT2D eigenvalue weighted by atomic mass is 10.0. The summed E-state index contributed by atoms with van der Waals surface area (Å²) in [5, 5.41) is 9.75. The van der Waals surface area contributed by atoms with Crippen LogP contribution in [0.4, 0.5) is 0 Å². The molecule has 3 heterocycles. The summed E-state index contributed by atoms with van der Waals surface area (Å²) < 4.78 is 4.83. The van der Waals surface area contributed by atoms with Crippen LogP contribution < -0.4 is 0 Å². The van der Waals surface area contributed by atoms with Gasteiger partial charge in [0.15, 0.2) is 5.82 Å². The number of benzene rings is 9.